The van der Waals surface area contributed by atoms with Crippen LogP contribution in [0, 0.1) is 5.92 Å². The van der Waals surface area contributed by atoms with Crippen LogP contribution in [0.1, 0.15) is 18.4 Å². The molecule has 3 N–H and O–H groups in total. The molecule has 1 aromatic rings. The number of nitrogens with one attached hydrogen (secondary N) is 1. The van der Waals surface area contributed by atoms with Crippen molar-refractivity contribution in [1.82, 2.24) is 5.32 Å². The number of furan rings is 1. The Morgan fingerprint density at radius 1 is 1.64 bits per heavy atom. The van der Waals surface area contributed by atoms with Crippen LogP contribution in [0.4, 0.5) is 0 Å². The molecule has 7 heteroatoms. The van der Waals surface area contributed by atoms with Crippen molar-refractivity contribution in [1.29, 1.82) is 0 Å². The van der Waals surface area contributed by atoms with Gasteiger partial charge >= 0.3 is 5.97 Å². The molecule has 0 atom stereocenters. The van der Waals surface area contributed by atoms with Crippen LogP contribution in [-0.2, 0) is 16.1 Å². The van der Waals surface area contributed by atoms with Crippen molar-refractivity contribution in [2.75, 3.05) is 7.11 Å². The third-order valence-electron chi connectivity index (χ3n) is 3.19. The van der Waals surface area contributed by atoms with E-state index in [0.29, 0.717) is 18.2 Å². The van der Waals surface area contributed by atoms with E-state index in [1.807, 2.05) is 0 Å². The molecule has 0 radical (unpaired) electrons. The van der Waals surface area contributed by atoms with E-state index in [-0.39, 0.29) is 16.6 Å². The van der Waals surface area contributed by atoms with Gasteiger partial charge in [0.2, 0.25) is 0 Å². The van der Waals surface area contributed by atoms with Gasteiger partial charge in [-0.05, 0) is 18.9 Å². The molecule has 2 rings (SSSR count). The van der Waals surface area contributed by atoms with Crippen molar-refractivity contribution in [3.63, 3.8) is 0 Å². The van der Waals surface area contributed by atoms with E-state index in [4.69, 9.17) is 26.5 Å². The summed E-state index contributed by atoms with van der Waals surface area (Å²) in [4.78, 5) is 16.1. The van der Waals surface area contributed by atoms with Crippen LogP contribution in [0.5, 0.6) is 0 Å². The Balaban J connectivity index is 2.15. The van der Waals surface area contributed by atoms with Gasteiger partial charge in [0, 0.05) is 23.7 Å². The molecule has 0 amide bonds. The SMILES string of the molecule is C=C(/N=C(C(=O)OC)\C(Cl)=C(/N)NCc1ccoc1)C1CC1. The highest BCUT2D eigenvalue weighted by molar-refractivity contribution is 6.58. The number of ether oxygens (including phenoxy) is 1. The molecule has 0 bridgehead atoms. The molecule has 1 fully saturated rings. The minimum absolute atomic E-state index is 0.0112. The fraction of sp³-hybridized carbons (Fsp3) is 0.333. The minimum atomic E-state index is -0.653. The maximum Gasteiger partial charge on any atom is 0.358 e. The Labute approximate surface area is 133 Å². The number of esters is 1. The van der Waals surface area contributed by atoms with E-state index in [2.05, 4.69) is 16.9 Å². The fourth-order valence-electron chi connectivity index (χ4n) is 1.73. The topological polar surface area (TPSA) is 89.8 Å². The number of carbonyl (C=O) groups excluding carboxylic acids is 1. The van der Waals surface area contributed by atoms with Crippen LogP contribution in [0.25, 0.3) is 0 Å². The highest BCUT2D eigenvalue weighted by atomic mass is 35.5. The first kappa shape index (κ1) is 16.2. The van der Waals surface area contributed by atoms with Gasteiger partial charge in [0.25, 0.3) is 0 Å². The summed E-state index contributed by atoms with van der Waals surface area (Å²) in [5, 5.41) is 2.92. The first-order valence-corrected chi connectivity index (χ1v) is 7.17. The van der Waals surface area contributed by atoms with Crippen LogP contribution in [-0.4, -0.2) is 18.8 Å². The molecule has 0 aliphatic heterocycles. The predicted octanol–water partition coefficient (Wildman–Crippen LogP) is 2.27. The number of rotatable bonds is 7. The van der Waals surface area contributed by atoms with Crippen molar-refractivity contribution < 1.29 is 13.9 Å². The Bertz CT molecular complexity index is 616. The van der Waals surface area contributed by atoms with Gasteiger partial charge in [-0.2, -0.15) is 0 Å². The van der Waals surface area contributed by atoms with Gasteiger partial charge in [0.15, 0.2) is 5.71 Å². The van der Waals surface area contributed by atoms with Gasteiger partial charge in [-0.15, -0.1) is 0 Å². The van der Waals surface area contributed by atoms with Gasteiger partial charge in [-0.25, -0.2) is 9.79 Å². The third kappa shape index (κ3) is 4.14. The van der Waals surface area contributed by atoms with Crippen LogP contribution in [0.15, 0.2) is 51.1 Å². The zero-order valence-corrected chi connectivity index (χ0v) is 13.0. The van der Waals surface area contributed by atoms with Gasteiger partial charge in [0.1, 0.15) is 10.9 Å². The quantitative estimate of drug-likeness (QED) is 0.593. The van der Waals surface area contributed by atoms with Crippen molar-refractivity contribution in [3.05, 3.63) is 47.3 Å². The van der Waals surface area contributed by atoms with Gasteiger partial charge in [0.05, 0.1) is 19.6 Å². The monoisotopic (exact) mass is 323 g/mol. The van der Waals surface area contributed by atoms with E-state index in [1.165, 1.54) is 7.11 Å². The summed E-state index contributed by atoms with van der Waals surface area (Å²) in [6.07, 6.45) is 5.18. The summed E-state index contributed by atoms with van der Waals surface area (Å²) in [5.41, 5.74) is 7.35. The molecule has 0 unspecified atom stereocenters. The molecule has 0 saturated heterocycles. The molecular formula is C15H18ClN3O3. The Kier molecular flexibility index (Phi) is 5.27. The standard InChI is InChI=1S/C15H18ClN3O3/c1-9(11-3-4-11)19-13(15(20)21-2)12(16)14(17)18-7-10-5-6-22-8-10/h5-6,8,11,18H,1,3-4,7,17H2,2H3/b14-12-,19-13+. The fourth-order valence-corrected chi connectivity index (χ4v) is 1.91. The zero-order chi connectivity index (χ0) is 16.1. The summed E-state index contributed by atoms with van der Waals surface area (Å²) in [7, 11) is 1.26. The van der Waals surface area contributed by atoms with Gasteiger partial charge < -0.3 is 20.2 Å². The van der Waals surface area contributed by atoms with Crippen LogP contribution < -0.4 is 11.1 Å². The molecular weight excluding hydrogens is 306 g/mol. The summed E-state index contributed by atoms with van der Waals surface area (Å²) in [6.45, 7) is 4.26. The van der Waals surface area contributed by atoms with E-state index in [1.54, 1.807) is 18.6 Å². The lowest BCUT2D eigenvalue weighted by molar-refractivity contribution is -0.132. The van der Waals surface area contributed by atoms with E-state index in [9.17, 15) is 4.79 Å². The van der Waals surface area contributed by atoms with Crippen LogP contribution in [0.3, 0.4) is 0 Å². The molecule has 6 nitrogen and oxygen atoms in total. The lowest BCUT2D eigenvalue weighted by Crippen LogP contribution is -2.26. The van der Waals surface area contributed by atoms with Gasteiger partial charge in [-0.1, -0.05) is 18.2 Å². The Morgan fingerprint density at radius 2 is 2.36 bits per heavy atom. The second-order valence-corrected chi connectivity index (χ2v) is 5.31. The number of nitrogens with zero attached hydrogens (tertiary/aromatic N) is 1. The second kappa shape index (κ2) is 7.17. The largest absolute Gasteiger partial charge is 0.472 e. The number of halogens is 1. The molecule has 1 heterocycles. The maximum absolute atomic E-state index is 11.9. The summed E-state index contributed by atoms with van der Waals surface area (Å²) < 4.78 is 9.66. The smallest absolute Gasteiger partial charge is 0.358 e. The van der Waals surface area contributed by atoms with Crippen LogP contribution in [0.2, 0.25) is 0 Å². The highest BCUT2D eigenvalue weighted by Crippen LogP contribution is 2.36. The molecule has 118 valence electrons. The summed E-state index contributed by atoms with van der Waals surface area (Å²) >= 11 is 6.18. The normalized spacial score (nSPS) is 16.0. The molecule has 1 saturated carbocycles. The first-order valence-electron chi connectivity index (χ1n) is 6.79. The Morgan fingerprint density at radius 3 is 2.91 bits per heavy atom. The van der Waals surface area contributed by atoms with E-state index < -0.39 is 5.97 Å². The highest BCUT2D eigenvalue weighted by Gasteiger charge is 2.27. The number of hydrogen-bond acceptors (Lipinski definition) is 6. The van der Waals surface area contributed by atoms with E-state index >= 15 is 0 Å². The van der Waals surface area contributed by atoms with Crippen LogP contribution >= 0.6 is 11.6 Å². The third-order valence-corrected chi connectivity index (χ3v) is 3.57. The molecule has 22 heavy (non-hydrogen) atoms. The number of methoxy groups -OCH3 is 1. The number of aliphatic imine (C=N–C) groups is 1. The molecule has 0 aromatic carbocycles. The summed E-state index contributed by atoms with van der Waals surface area (Å²) in [5.74, 6) is -0.209. The van der Waals surface area contributed by atoms with Crippen molar-refractivity contribution in [2.24, 2.45) is 16.6 Å². The predicted molar refractivity (Wildman–Crippen MR) is 83.9 cm³/mol. The van der Waals surface area contributed by atoms with Gasteiger partial charge in [-0.3, -0.25) is 0 Å². The average molecular weight is 324 g/mol. The summed E-state index contributed by atoms with van der Waals surface area (Å²) in [6, 6.07) is 1.79. The second-order valence-electron chi connectivity index (χ2n) is 4.93. The average Bonchev–Trinajstić information content (AvgIpc) is 3.25. The molecule has 1 aromatic heterocycles. The molecule has 0 spiro atoms. The lowest BCUT2D eigenvalue weighted by Gasteiger charge is -2.10. The molecule has 1 aliphatic carbocycles. The first-order chi connectivity index (χ1) is 10.5. The number of allylic oxidation sites excluding steroid dienone is 1. The maximum atomic E-state index is 11.9. The lowest BCUT2D eigenvalue weighted by atomic mass is 10.3. The van der Waals surface area contributed by atoms with E-state index in [0.717, 1.165) is 18.4 Å². The Hall–Kier alpha value is -2.21. The zero-order valence-electron chi connectivity index (χ0n) is 12.3. The number of carbonyl (C=O) groups is 1. The number of nitrogens with two attached hydrogens (primary N) is 1. The van der Waals surface area contributed by atoms with Crippen molar-refractivity contribution in [2.45, 2.75) is 19.4 Å². The van der Waals surface area contributed by atoms with Crippen molar-refractivity contribution in [3.8, 4) is 0 Å². The minimum Gasteiger partial charge on any atom is -0.472 e. The molecule has 1 aliphatic rings. The van der Waals surface area contributed by atoms with Crippen molar-refractivity contribution >= 4 is 23.3 Å². The number of hydrogen-bond donors (Lipinski definition) is 2.